The SMILES string of the molecule is CC1(C(=O)NC2CCCCC2)Cn2c(cc3ccccc32)C(=O)N1CCN1CCOCC1. The molecule has 0 radical (unpaired) electrons. The molecule has 2 amide bonds. The van der Waals surface area contributed by atoms with Crippen LogP contribution in [-0.2, 0) is 16.1 Å². The Bertz CT molecular complexity index is 990. The van der Waals surface area contributed by atoms with Crippen molar-refractivity contribution in [1.82, 2.24) is 19.7 Å². The molecule has 1 N–H and O–H groups in total. The van der Waals surface area contributed by atoms with Crippen LogP contribution < -0.4 is 5.32 Å². The fourth-order valence-corrected chi connectivity index (χ4v) is 5.51. The Balaban J connectivity index is 1.45. The highest BCUT2D eigenvalue weighted by molar-refractivity contribution is 6.03. The van der Waals surface area contributed by atoms with Gasteiger partial charge in [0.15, 0.2) is 0 Å². The van der Waals surface area contributed by atoms with E-state index < -0.39 is 5.54 Å². The van der Waals surface area contributed by atoms with Gasteiger partial charge in [-0.1, -0.05) is 37.5 Å². The third kappa shape index (κ3) is 3.92. The average Bonchev–Trinajstić information content (AvgIpc) is 3.19. The van der Waals surface area contributed by atoms with Crippen LogP contribution in [0.1, 0.15) is 49.5 Å². The zero-order valence-electron chi connectivity index (χ0n) is 19.0. The van der Waals surface area contributed by atoms with Crippen LogP contribution in [0.4, 0.5) is 0 Å². The van der Waals surface area contributed by atoms with Gasteiger partial charge < -0.3 is 19.5 Å². The van der Waals surface area contributed by atoms with Gasteiger partial charge in [0.05, 0.1) is 19.8 Å². The Morgan fingerprint density at radius 2 is 1.88 bits per heavy atom. The lowest BCUT2D eigenvalue weighted by atomic mass is 9.91. The summed E-state index contributed by atoms with van der Waals surface area (Å²) in [5, 5.41) is 4.35. The van der Waals surface area contributed by atoms with Crippen LogP contribution in [0.15, 0.2) is 30.3 Å². The van der Waals surface area contributed by atoms with Crippen LogP contribution in [0.3, 0.4) is 0 Å². The van der Waals surface area contributed by atoms with Crippen LogP contribution >= 0.6 is 0 Å². The molecule has 1 aliphatic carbocycles. The molecular formula is C25H34N4O3. The highest BCUT2D eigenvalue weighted by Gasteiger charge is 2.48. The minimum Gasteiger partial charge on any atom is -0.379 e. The quantitative estimate of drug-likeness (QED) is 0.779. The Labute approximate surface area is 189 Å². The number of para-hydroxylation sites is 1. The van der Waals surface area contributed by atoms with Crippen molar-refractivity contribution in [2.75, 3.05) is 39.4 Å². The number of ether oxygens (including phenoxy) is 1. The molecule has 1 unspecified atom stereocenters. The van der Waals surface area contributed by atoms with Gasteiger partial charge in [-0.15, -0.1) is 0 Å². The third-order valence-electron chi connectivity index (χ3n) is 7.51. The summed E-state index contributed by atoms with van der Waals surface area (Å²) in [6, 6.07) is 10.2. The van der Waals surface area contributed by atoms with Crippen molar-refractivity contribution in [2.45, 2.75) is 57.2 Å². The lowest BCUT2D eigenvalue weighted by Crippen LogP contribution is -2.66. The minimum atomic E-state index is -0.921. The second-order valence-electron chi connectivity index (χ2n) is 9.67. The molecule has 32 heavy (non-hydrogen) atoms. The number of hydrogen-bond donors (Lipinski definition) is 1. The summed E-state index contributed by atoms with van der Waals surface area (Å²) in [4.78, 5) is 31.6. The van der Waals surface area contributed by atoms with Crippen LogP contribution in [0.2, 0.25) is 0 Å². The number of hydrogen-bond acceptors (Lipinski definition) is 4. The van der Waals surface area contributed by atoms with Crippen molar-refractivity contribution in [3.8, 4) is 0 Å². The van der Waals surface area contributed by atoms with Gasteiger partial charge in [0.2, 0.25) is 5.91 Å². The standard InChI is InChI=1S/C25H34N4O3/c1-25(24(31)26-20-8-3-2-4-9-20)18-28-21-10-6-5-7-19(21)17-22(28)23(30)29(25)12-11-27-13-15-32-16-14-27/h5-7,10,17,20H,2-4,8-9,11-16,18H2,1H3,(H,26,31). The fourth-order valence-electron chi connectivity index (χ4n) is 5.51. The van der Waals surface area contributed by atoms with E-state index in [1.54, 1.807) is 0 Å². The van der Waals surface area contributed by atoms with Gasteiger partial charge >= 0.3 is 0 Å². The Morgan fingerprint density at radius 1 is 1.12 bits per heavy atom. The van der Waals surface area contributed by atoms with E-state index in [0.29, 0.717) is 18.8 Å². The van der Waals surface area contributed by atoms with Crippen LogP contribution in [0.25, 0.3) is 10.9 Å². The lowest BCUT2D eigenvalue weighted by molar-refractivity contribution is -0.134. The summed E-state index contributed by atoms with van der Waals surface area (Å²) >= 11 is 0. The van der Waals surface area contributed by atoms with Crippen molar-refractivity contribution in [2.24, 2.45) is 0 Å². The topological polar surface area (TPSA) is 66.8 Å². The lowest BCUT2D eigenvalue weighted by Gasteiger charge is -2.45. The molecule has 7 heteroatoms. The van der Waals surface area contributed by atoms with E-state index >= 15 is 0 Å². The van der Waals surface area contributed by atoms with Crippen molar-refractivity contribution < 1.29 is 14.3 Å². The maximum Gasteiger partial charge on any atom is 0.271 e. The first-order valence-electron chi connectivity index (χ1n) is 12.1. The molecule has 1 saturated carbocycles. The Hall–Kier alpha value is -2.38. The number of amides is 2. The predicted octanol–water partition coefficient (Wildman–Crippen LogP) is 2.64. The summed E-state index contributed by atoms with van der Waals surface area (Å²) in [6.45, 7) is 6.89. The zero-order chi connectivity index (χ0) is 22.1. The number of carbonyl (C=O) groups excluding carboxylic acids is 2. The fraction of sp³-hybridized carbons (Fsp3) is 0.600. The third-order valence-corrected chi connectivity index (χ3v) is 7.51. The van der Waals surface area contributed by atoms with Gasteiger partial charge in [-0.3, -0.25) is 14.5 Å². The number of nitrogens with one attached hydrogen (secondary N) is 1. The number of benzene rings is 1. The van der Waals surface area contributed by atoms with Gasteiger partial charge in [0.25, 0.3) is 5.91 Å². The molecule has 0 spiro atoms. The van der Waals surface area contributed by atoms with E-state index in [1.807, 2.05) is 46.7 Å². The maximum atomic E-state index is 13.8. The van der Waals surface area contributed by atoms with Crippen molar-refractivity contribution in [3.63, 3.8) is 0 Å². The van der Waals surface area contributed by atoms with Crippen molar-refractivity contribution in [1.29, 1.82) is 0 Å². The van der Waals surface area contributed by atoms with Crippen LogP contribution in [0.5, 0.6) is 0 Å². The van der Waals surface area contributed by atoms with E-state index in [1.165, 1.54) is 6.42 Å². The van der Waals surface area contributed by atoms with Crippen molar-refractivity contribution in [3.05, 3.63) is 36.0 Å². The number of morpholine rings is 1. The van der Waals surface area contributed by atoms with Gasteiger partial charge in [-0.05, 0) is 31.9 Å². The van der Waals surface area contributed by atoms with E-state index in [0.717, 1.165) is 69.4 Å². The maximum absolute atomic E-state index is 13.8. The Kier molecular flexibility index (Phi) is 5.95. The first kappa shape index (κ1) is 21.5. The second-order valence-corrected chi connectivity index (χ2v) is 9.67. The van der Waals surface area contributed by atoms with E-state index in [4.69, 9.17) is 4.74 Å². The van der Waals surface area contributed by atoms with Crippen LogP contribution in [-0.4, -0.2) is 77.2 Å². The predicted molar refractivity (Wildman–Crippen MR) is 124 cm³/mol. The van der Waals surface area contributed by atoms with Gasteiger partial charge in [-0.2, -0.15) is 0 Å². The summed E-state index contributed by atoms with van der Waals surface area (Å²) in [6.07, 6.45) is 5.62. The van der Waals surface area contributed by atoms with Gasteiger partial charge in [0.1, 0.15) is 11.2 Å². The van der Waals surface area contributed by atoms with Crippen molar-refractivity contribution >= 4 is 22.7 Å². The molecule has 1 atom stereocenters. The van der Waals surface area contributed by atoms with E-state index in [-0.39, 0.29) is 17.9 Å². The summed E-state index contributed by atoms with van der Waals surface area (Å²) < 4.78 is 7.51. The first-order chi connectivity index (χ1) is 15.6. The van der Waals surface area contributed by atoms with Gasteiger partial charge in [-0.25, -0.2) is 0 Å². The molecule has 2 aromatic rings. The summed E-state index contributed by atoms with van der Waals surface area (Å²) in [7, 11) is 0. The molecule has 1 aromatic carbocycles. The summed E-state index contributed by atoms with van der Waals surface area (Å²) in [5.74, 6) is -0.0786. The smallest absolute Gasteiger partial charge is 0.271 e. The highest BCUT2D eigenvalue weighted by atomic mass is 16.5. The number of carbonyl (C=O) groups is 2. The van der Waals surface area contributed by atoms with Gasteiger partial charge in [0, 0.05) is 43.1 Å². The summed E-state index contributed by atoms with van der Waals surface area (Å²) in [5.41, 5.74) is 0.770. The molecule has 5 rings (SSSR count). The second kappa shape index (κ2) is 8.87. The average molecular weight is 439 g/mol. The monoisotopic (exact) mass is 438 g/mol. The van der Waals surface area contributed by atoms with E-state index in [9.17, 15) is 9.59 Å². The Morgan fingerprint density at radius 3 is 2.66 bits per heavy atom. The molecule has 172 valence electrons. The molecule has 3 aliphatic rings. The molecule has 2 fully saturated rings. The first-order valence-corrected chi connectivity index (χ1v) is 12.1. The van der Waals surface area contributed by atoms with Crippen LogP contribution in [0, 0.1) is 0 Å². The molecule has 3 heterocycles. The zero-order valence-corrected chi connectivity index (χ0v) is 19.0. The largest absolute Gasteiger partial charge is 0.379 e. The number of nitrogens with zero attached hydrogens (tertiary/aromatic N) is 3. The normalized spacial score (nSPS) is 25.2. The highest BCUT2D eigenvalue weighted by Crippen LogP contribution is 2.32. The molecule has 1 saturated heterocycles. The number of fused-ring (bicyclic) bond motifs is 3. The molecule has 2 aliphatic heterocycles. The number of aromatic nitrogens is 1. The molecule has 0 bridgehead atoms. The minimum absolute atomic E-state index is 0.0249. The number of rotatable bonds is 5. The molecular weight excluding hydrogens is 404 g/mol. The molecule has 1 aromatic heterocycles. The van der Waals surface area contributed by atoms with E-state index in [2.05, 4.69) is 10.2 Å². The molecule has 7 nitrogen and oxygen atoms in total.